The Kier molecular flexibility index (Phi) is 6.95. The van der Waals surface area contributed by atoms with Crippen molar-refractivity contribution in [1.82, 2.24) is 9.88 Å². The summed E-state index contributed by atoms with van der Waals surface area (Å²) in [4.78, 5) is 22.6. The molecular weight excluding hydrogens is 460 g/mol. The quantitative estimate of drug-likeness (QED) is 0.504. The lowest BCUT2D eigenvalue weighted by molar-refractivity contribution is 0.0115. The van der Waals surface area contributed by atoms with E-state index in [1.165, 1.54) is 29.9 Å². The summed E-state index contributed by atoms with van der Waals surface area (Å²) in [6.07, 6.45) is 2.35. The Morgan fingerprint density at radius 2 is 1.86 bits per heavy atom. The Morgan fingerprint density at radius 1 is 1.11 bits per heavy atom. The molecule has 5 rings (SSSR count). The minimum atomic E-state index is -0.235. The van der Waals surface area contributed by atoms with Gasteiger partial charge >= 0.3 is 0 Å². The van der Waals surface area contributed by atoms with E-state index in [0.717, 1.165) is 45.1 Å². The summed E-state index contributed by atoms with van der Waals surface area (Å²) in [6.45, 7) is 5.90. The predicted molar refractivity (Wildman–Crippen MR) is 138 cm³/mol. The number of nitriles is 1. The molecule has 0 radical (unpaired) electrons. The summed E-state index contributed by atoms with van der Waals surface area (Å²) in [7, 11) is 0. The van der Waals surface area contributed by atoms with Gasteiger partial charge in [0.2, 0.25) is 5.78 Å². The standard InChI is InChI=1S/C26H28N6O2S/c27-17-18-2-1-3-19(16-18)23(33)24-25(28)30-26(35-24)29-20-4-6-21(7-5-20)31-10-8-22(9-11-31)32-12-14-34-15-13-32/h1-7,16,22H,8-15,28H2,(H,29,30). The lowest BCUT2D eigenvalue weighted by Crippen LogP contribution is -2.49. The third kappa shape index (κ3) is 5.30. The molecule has 2 aliphatic heterocycles. The summed E-state index contributed by atoms with van der Waals surface area (Å²) in [5.41, 5.74) is 9.00. The number of piperidine rings is 1. The molecule has 2 fully saturated rings. The molecule has 1 aromatic heterocycles. The van der Waals surface area contributed by atoms with E-state index in [4.69, 9.17) is 15.7 Å². The van der Waals surface area contributed by atoms with Gasteiger partial charge in [-0.1, -0.05) is 23.5 Å². The average molecular weight is 489 g/mol. The van der Waals surface area contributed by atoms with Crippen molar-refractivity contribution < 1.29 is 9.53 Å². The molecule has 3 heterocycles. The van der Waals surface area contributed by atoms with Gasteiger partial charge in [-0.2, -0.15) is 5.26 Å². The number of morpholine rings is 1. The van der Waals surface area contributed by atoms with Crippen LogP contribution in [-0.4, -0.2) is 61.1 Å². The first-order chi connectivity index (χ1) is 17.1. The highest BCUT2D eigenvalue weighted by Crippen LogP contribution is 2.31. The zero-order valence-corrected chi connectivity index (χ0v) is 20.3. The van der Waals surface area contributed by atoms with E-state index in [-0.39, 0.29) is 11.6 Å². The van der Waals surface area contributed by atoms with Crippen LogP contribution in [0, 0.1) is 11.3 Å². The maximum Gasteiger partial charge on any atom is 0.206 e. The van der Waals surface area contributed by atoms with Gasteiger partial charge in [0.1, 0.15) is 10.7 Å². The molecule has 8 nitrogen and oxygen atoms in total. The van der Waals surface area contributed by atoms with E-state index in [9.17, 15) is 4.79 Å². The van der Waals surface area contributed by atoms with Gasteiger partial charge in [0, 0.05) is 49.2 Å². The first-order valence-electron chi connectivity index (χ1n) is 11.9. The van der Waals surface area contributed by atoms with Gasteiger partial charge in [-0.25, -0.2) is 4.98 Å². The van der Waals surface area contributed by atoms with E-state index in [1.54, 1.807) is 24.3 Å². The highest BCUT2D eigenvalue weighted by atomic mass is 32.1. The van der Waals surface area contributed by atoms with Crippen molar-refractivity contribution >= 4 is 39.4 Å². The fourth-order valence-corrected chi connectivity index (χ4v) is 5.59. The molecule has 0 bridgehead atoms. The molecule has 2 aromatic carbocycles. The van der Waals surface area contributed by atoms with Crippen LogP contribution in [0.4, 0.5) is 22.3 Å². The SMILES string of the molecule is N#Cc1cccc(C(=O)c2sc(Nc3ccc(N4CCC(N5CCOCC5)CC4)cc3)nc2N)c1. The number of nitrogen functional groups attached to an aromatic ring is 1. The number of nitrogens with zero attached hydrogens (tertiary/aromatic N) is 4. The Labute approximate surface area is 208 Å². The maximum atomic E-state index is 12.9. The number of nitrogens with one attached hydrogen (secondary N) is 1. The van der Waals surface area contributed by atoms with Crippen LogP contribution in [0.5, 0.6) is 0 Å². The van der Waals surface area contributed by atoms with Gasteiger partial charge in [-0.05, 0) is 49.2 Å². The Bertz CT molecular complexity index is 1220. The van der Waals surface area contributed by atoms with Crippen LogP contribution >= 0.6 is 11.3 Å². The predicted octanol–water partition coefficient (Wildman–Crippen LogP) is 3.87. The molecule has 0 unspecified atom stereocenters. The van der Waals surface area contributed by atoms with Crippen molar-refractivity contribution in [3.8, 4) is 6.07 Å². The van der Waals surface area contributed by atoms with Crippen molar-refractivity contribution in [2.75, 3.05) is 55.3 Å². The van der Waals surface area contributed by atoms with Gasteiger partial charge in [0.05, 0.1) is 24.8 Å². The van der Waals surface area contributed by atoms with Crippen LogP contribution in [-0.2, 0) is 4.74 Å². The lowest BCUT2D eigenvalue weighted by atomic mass is 10.0. The molecule has 2 saturated heterocycles. The molecule has 2 aliphatic rings. The Hall–Kier alpha value is -3.45. The molecule has 0 aliphatic carbocycles. The first kappa shape index (κ1) is 23.3. The second-order valence-corrected chi connectivity index (χ2v) is 9.79. The highest BCUT2D eigenvalue weighted by Gasteiger charge is 2.26. The van der Waals surface area contributed by atoms with Crippen LogP contribution in [0.15, 0.2) is 48.5 Å². The number of rotatable bonds is 6. The number of hydrogen-bond donors (Lipinski definition) is 2. The zero-order valence-electron chi connectivity index (χ0n) is 19.4. The average Bonchev–Trinajstić information content (AvgIpc) is 3.29. The van der Waals surface area contributed by atoms with Crippen molar-refractivity contribution in [2.24, 2.45) is 0 Å². The lowest BCUT2D eigenvalue weighted by Gasteiger charge is -2.40. The van der Waals surface area contributed by atoms with E-state index in [2.05, 4.69) is 38.3 Å². The second-order valence-electron chi connectivity index (χ2n) is 8.79. The fourth-order valence-electron chi connectivity index (χ4n) is 4.72. The number of carbonyl (C=O) groups is 1. The van der Waals surface area contributed by atoms with Gasteiger partial charge in [0.25, 0.3) is 0 Å². The normalized spacial score (nSPS) is 17.2. The van der Waals surface area contributed by atoms with Crippen LogP contribution in [0.25, 0.3) is 0 Å². The van der Waals surface area contributed by atoms with Crippen LogP contribution in [0.1, 0.15) is 33.6 Å². The zero-order chi connectivity index (χ0) is 24.2. The number of ether oxygens (including phenoxy) is 1. The largest absolute Gasteiger partial charge is 0.382 e. The minimum absolute atomic E-state index is 0.185. The van der Waals surface area contributed by atoms with Crippen LogP contribution in [0.2, 0.25) is 0 Å². The fraction of sp³-hybridized carbons (Fsp3) is 0.346. The number of thiazole rings is 1. The van der Waals surface area contributed by atoms with Gasteiger partial charge in [0.15, 0.2) is 5.13 Å². The van der Waals surface area contributed by atoms with Gasteiger partial charge in [-0.3, -0.25) is 9.69 Å². The van der Waals surface area contributed by atoms with E-state index in [0.29, 0.717) is 27.2 Å². The third-order valence-electron chi connectivity index (χ3n) is 6.62. The van der Waals surface area contributed by atoms with Gasteiger partial charge < -0.3 is 20.7 Å². The number of hydrogen-bond acceptors (Lipinski definition) is 9. The number of anilines is 4. The Morgan fingerprint density at radius 3 is 2.57 bits per heavy atom. The molecule has 0 amide bonds. The minimum Gasteiger partial charge on any atom is -0.382 e. The highest BCUT2D eigenvalue weighted by molar-refractivity contribution is 7.18. The molecule has 180 valence electrons. The van der Waals surface area contributed by atoms with E-state index >= 15 is 0 Å². The van der Waals surface area contributed by atoms with Crippen molar-refractivity contribution in [3.05, 3.63) is 64.5 Å². The molecule has 0 spiro atoms. The monoisotopic (exact) mass is 488 g/mol. The molecule has 0 saturated carbocycles. The summed E-state index contributed by atoms with van der Waals surface area (Å²) < 4.78 is 5.49. The van der Waals surface area contributed by atoms with Crippen LogP contribution < -0.4 is 16.0 Å². The number of carbonyl (C=O) groups excluding carboxylic acids is 1. The first-order valence-corrected chi connectivity index (χ1v) is 12.7. The third-order valence-corrected chi connectivity index (χ3v) is 7.61. The molecule has 0 atom stereocenters. The van der Waals surface area contributed by atoms with Gasteiger partial charge in [-0.15, -0.1) is 0 Å². The number of ketones is 1. The molecule has 9 heteroatoms. The summed E-state index contributed by atoms with van der Waals surface area (Å²) in [5, 5.41) is 12.9. The maximum absolute atomic E-state index is 12.9. The number of benzene rings is 2. The van der Waals surface area contributed by atoms with Crippen molar-refractivity contribution in [2.45, 2.75) is 18.9 Å². The summed E-state index contributed by atoms with van der Waals surface area (Å²) >= 11 is 1.21. The van der Waals surface area contributed by atoms with Crippen LogP contribution in [0.3, 0.4) is 0 Å². The Balaban J connectivity index is 1.20. The van der Waals surface area contributed by atoms with Crippen molar-refractivity contribution in [3.63, 3.8) is 0 Å². The van der Waals surface area contributed by atoms with E-state index in [1.807, 2.05) is 12.1 Å². The molecule has 35 heavy (non-hydrogen) atoms. The molecule has 3 N–H and O–H groups in total. The summed E-state index contributed by atoms with van der Waals surface area (Å²) in [5.74, 6) is -0.0504. The number of aromatic nitrogens is 1. The summed E-state index contributed by atoms with van der Waals surface area (Å²) in [6, 6.07) is 17.6. The van der Waals surface area contributed by atoms with Crippen molar-refractivity contribution in [1.29, 1.82) is 5.26 Å². The van der Waals surface area contributed by atoms with E-state index < -0.39 is 0 Å². The molecule has 3 aromatic rings. The number of nitrogens with two attached hydrogens (primary N) is 1. The second kappa shape index (κ2) is 10.4. The smallest absolute Gasteiger partial charge is 0.206 e. The topological polar surface area (TPSA) is 108 Å². The molecular formula is C26H28N6O2S.